The molecule has 0 unspecified atom stereocenters. The smallest absolute Gasteiger partial charge is 0.126 e. The van der Waals surface area contributed by atoms with Crippen molar-refractivity contribution >= 4 is 21.7 Å². The van der Waals surface area contributed by atoms with Crippen LogP contribution in [-0.2, 0) is 0 Å². The molecular formula is C10H15BrN2O3. The first-order chi connectivity index (χ1) is 7.56. The first-order valence-corrected chi connectivity index (χ1v) is 5.59. The highest BCUT2D eigenvalue weighted by molar-refractivity contribution is 9.10. The van der Waals surface area contributed by atoms with Crippen LogP contribution in [0.4, 0.5) is 5.82 Å². The summed E-state index contributed by atoms with van der Waals surface area (Å²) in [6, 6.07) is 1.76. The van der Waals surface area contributed by atoms with Crippen molar-refractivity contribution in [1.82, 2.24) is 4.98 Å². The van der Waals surface area contributed by atoms with Gasteiger partial charge in [0, 0.05) is 10.7 Å². The summed E-state index contributed by atoms with van der Waals surface area (Å²) in [7, 11) is 0. The van der Waals surface area contributed by atoms with Crippen LogP contribution in [0.25, 0.3) is 0 Å². The molecule has 6 heteroatoms. The molecule has 0 saturated carbocycles. The number of halogens is 1. The molecule has 0 spiro atoms. The number of aryl methyl sites for hydroxylation is 1. The van der Waals surface area contributed by atoms with Gasteiger partial charge >= 0.3 is 0 Å². The van der Waals surface area contributed by atoms with Gasteiger partial charge in [0.05, 0.1) is 19.8 Å². The summed E-state index contributed by atoms with van der Waals surface area (Å²) >= 11 is 3.32. The fourth-order valence-corrected chi connectivity index (χ4v) is 1.36. The summed E-state index contributed by atoms with van der Waals surface area (Å²) < 4.78 is 0.876. The number of hydrogen-bond donors (Lipinski definition) is 4. The van der Waals surface area contributed by atoms with Gasteiger partial charge in [-0.3, -0.25) is 0 Å². The van der Waals surface area contributed by atoms with Gasteiger partial charge in [-0.05, 0) is 34.5 Å². The Kier molecular flexibility index (Phi) is 4.67. The quantitative estimate of drug-likeness (QED) is 0.626. The molecule has 0 amide bonds. The van der Waals surface area contributed by atoms with Crippen molar-refractivity contribution < 1.29 is 15.3 Å². The van der Waals surface area contributed by atoms with E-state index in [0.29, 0.717) is 5.82 Å². The summed E-state index contributed by atoms with van der Waals surface area (Å²) in [5.74, 6) is 0.498. The zero-order valence-electron chi connectivity index (χ0n) is 8.94. The zero-order valence-corrected chi connectivity index (χ0v) is 10.5. The molecule has 5 nitrogen and oxygen atoms in total. The van der Waals surface area contributed by atoms with Gasteiger partial charge in [0.25, 0.3) is 0 Å². The van der Waals surface area contributed by atoms with E-state index < -0.39 is 5.54 Å². The van der Waals surface area contributed by atoms with Crippen molar-refractivity contribution in [2.24, 2.45) is 0 Å². The van der Waals surface area contributed by atoms with E-state index in [9.17, 15) is 0 Å². The number of nitrogens with zero attached hydrogens (tertiary/aromatic N) is 1. The maximum atomic E-state index is 9.14. The number of pyridine rings is 1. The summed E-state index contributed by atoms with van der Waals surface area (Å²) in [6.07, 6.45) is 1.62. The standard InChI is InChI=1S/C10H15BrN2O3/c1-7-2-9(12-3-8(7)11)13-10(4-14,5-15)6-16/h2-3,14-16H,4-6H2,1H3,(H,12,13). The van der Waals surface area contributed by atoms with E-state index in [1.165, 1.54) is 0 Å². The third kappa shape index (κ3) is 2.91. The Bertz CT molecular complexity index is 348. The zero-order chi connectivity index (χ0) is 12.2. The van der Waals surface area contributed by atoms with Crippen LogP contribution in [0.15, 0.2) is 16.7 Å². The Labute approximate surface area is 102 Å². The molecule has 0 fully saturated rings. The van der Waals surface area contributed by atoms with E-state index in [2.05, 4.69) is 26.2 Å². The van der Waals surface area contributed by atoms with Crippen molar-refractivity contribution in [3.05, 3.63) is 22.3 Å². The Hall–Kier alpha value is -0.690. The number of aliphatic hydroxyl groups is 3. The van der Waals surface area contributed by atoms with Crippen molar-refractivity contribution in [3.8, 4) is 0 Å². The summed E-state index contributed by atoms with van der Waals surface area (Å²) in [6.45, 7) is 0.764. The molecule has 0 radical (unpaired) electrons. The molecule has 1 aromatic heterocycles. The molecule has 4 N–H and O–H groups in total. The number of nitrogens with one attached hydrogen (secondary N) is 1. The van der Waals surface area contributed by atoms with Crippen LogP contribution in [0.2, 0.25) is 0 Å². The number of rotatable bonds is 5. The average molecular weight is 291 g/mol. The molecule has 1 rings (SSSR count). The predicted molar refractivity (Wildman–Crippen MR) is 64.3 cm³/mol. The minimum Gasteiger partial charge on any atom is -0.394 e. The first-order valence-electron chi connectivity index (χ1n) is 4.80. The molecular weight excluding hydrogens is 276 g/mol. The summed E-state index contributed by atoms with van der Waals surface area (Å²) in [5, 5.41) is 30.3. The maximum Gasteiger partial charge on any atom is 0.126 e. The lowest BCUT2D eigenvalue weighted by atomic mass is 10.0. The van der Waals surface area contributed by atoms with E-state index in [4.69, 9.17) is 15.3 Å². The molecule has 0 atom stereocenters. The molecule has 16 heavy (non-hydrogen) atoms. The van der Waals surface area contributed by atoms with Crippen LogP contribution < -0.4 is 5.32 Å². The van der Waals surface area contributed by atoms with E-state index in [-0.39, 0.29) is 19.8 Å². The summed E-state index contributed by atoms with van der Waals surface area (Å²) in [4.78, 5) is 4.08. The molecule has 1 heterocycles. The van der Waals surface area contributed by atoms with Gasteiger partial charge in [0.2, 0.25) is 0 Å². The van der Waals surface area contributed by atoms with Crippen LogP contribution in [-0.4, -0.2) is 45.7 Å². The van der Waals surface area contributed by atoms with E-state index in [1.807, 2.05) is 6.92 Å². The minimum atomic E-state index is -1.15. The van der Waals surface area contributed by atoms with Gasteiger partial charge in [-0.2, -0.15) is 0 Å². The van der Waals surface area contributed by atoms with E-state index >= 15 is 0 Å². The fraction of sp³-hybridized carbons (Fsp3) is 0.500. The molecule has 0 aromatic carbocycles. The number of aliphatic hydroxyl groups excluding tert-OH is 3. The largest absolute Gasteiger partial charge is 0.394 e. The van der Waals surface area contributed by atoms with Crippen LogP contribution in [0, 0.1) is 6.92 Å². The lowest BCUT2D eigenvalue weighted by Gasteiger charge is -2.29. The predicted octanol–water partition coefficient (Wildman–Crippen LogP) is 0.280. The van der Waals surface area contributed by atoms with Crippen LogP contribution in [0.5, 0.6) is 0 Å². The van der Waals surface area contributed by atoms with Gasteiger partial charge < -0.3 is 20.6 Å². The van der Waals surface area contributed by atoms with Gasteiger partial charge in [0.1, 0.15) is 11.4 Å². The molecule has 0 bridgehead atoms. The first kappa shape index (κ1) is 13.4. The van der Waals surface area contributed by atoms with E-state index in [0.717, 1.165) is 10.0 Å². The van der Waals surface area contributed by atoms with Crippen molar-refractivity contribution in [3.63, 3.8) is 0 Å². The molecule has 1 aromatic rings. The highest BCUT2D eigenvalue weighted by Crippen LogP contribution is 2.19. The Morgan fingerprint density at radius 2 is 1.88 bits per heavy atom. The summed E-state index contributed by atoms with van der Waals surface area (Å²) in [5.41, 5.74) is -0.173. The fourth-order valence-electron chi connectivity index (χ4n) is 1.15. The molecule has 0 aliphatic carbocycles. The van der Waals surface area contributed by atoms with Crippen molar-refractivity contribution in [2.75, 3.05) is 25.1 Å². The number of aromatic nitrogens is 1. The lowest BCUT2D eigenvalue weighted by Crippen LogP contribution is -2.49. The average Bonchev–Trinajstić information content (AvgIpc) is 2.31. The molecule has 0 saturated heterocycles. The highest BCUT2D eigenvalue weighted by Gasteiger charge is 2.28. The van der Waals surface area contributed by atoms with Crippen LogP contribution in [0.1, 0.15) is 5.56 Å². The topological polar surface area (TPSA) is 85.6 Å². The molecule has 0 aliphatic rings. The third-order valence-electron chi connectivity index (χ3n) is 2.35. The molecule has 90 valence electrons. The van der Waals surface area contributed by atoms with Gasteiger partial charge in [-0.1, -0.05) is 0 Å². The third-order valence-corrected chi connectivity index (χ3v) is 3.18. The second kappa shape index (κ2) is 5.58. The van der Waals surface area contributed by atoms with Crippen molar-refractivity contribution in [2.45, 2.75) is 12.5 Å². The molecule has 0 aliphatic heterocycles. The normalized spacial score (nSPS) is 11.6. The van der Waals surface area contributed by atoms with Crippen molar-refractivity contribution in [1.29, 1.82) is 0 Å². The second-order valence-electron chi connectivity index (χ2n) is 3.70. The maximum absolute atomic E-state index is 9.14. The monoisotopic (exact) mass is 290 g/mol. The number of hydrogen-bond acceptors (Lipinski definition) is 5. The van der Waals surface area contributed by atoms with Gasteiger partial charge in [-0.25, -0.2) is 4.98 Å². The van der Waals surface area contributed by atoms with Gasteiger partial charge in [0.15, 0.2) is 0 Å². The Balaban J connectivity index is 2.89. The van der Waals surface area contributed by atoms with Crippen LogP contribution >= 0.6 is 15.9 Å². The lowest BCUT2D eigenvalue weighted by molar-refractivity contribution is 0.0831. The Morgan fingerprint density at radius 3 is 2.31 bits per heavy atom. The Morgan fingerprint density at radius 1 is 1.31 bits per heavy atom. The van der Waals surface area contributed by atoms with Gasteiger partial charge in [-0.15, -0.1) is 0 Å². The second-order valence-corrected chi connectivity index (χ2v) is 4.55. The minimum absolute atomic E-state index is 0.378. The number of anilines is 1. The van der Waals surface area contributed by atoms with E-state index in [1.54, 1.807) is 12.3 Å². The highest BCUT2D eigenvalue weighted by atomic mass is 79.9. The SMILES string of the molecule is Cc1cc(NC(CO)(CO)CO)ncc1Br. The van der Waals surface area contributed by atoms with Crippen LogP contribution in [0.3, 0.4) is 0 Å².